The number of rotatable bonds is 6. The maximum atomic E-state index is 16.5. The maximum absolute atomic E-state index is 16.5. The Hall–Kier alpha value is -4.70. The molecule has 0 aliphatic heterocycles. The van der Waals surface area contributed by atoms with Gasteiger partial charge >= 0.3 is 0 Å². The Morgan fingerprint density at radius 2 is 0.852 bits per heavy atom. The molecule has 54 heavy (non-hydrogen) atoms. The summed E-state index contributed by atoms with van der Waals surface area (Å²) in [6.07, 6.45) is 1.69. The molecule has 4 aliphatic rings. The average molecular weight is 784 g/mol. The standard InChI is InChI=1S/C37H21F16N/c1-9(2)14-18(38)10(3)19(39)29(49)34(14)54(35-30(50)22(42)16(23(43)31(35)51)15-20(40)26(46)28(48)27(47)21(15)41)36-32(52)24(44)17(25(45)33(36)53)37-7-11-4-12(8-37)6-13(37)5-11/h11-13H,1,4-8H2,2-3H3. The molecule has 4 aromatic carbocycles. The van der Waals surface area contributed by atoms with Crippen molar-refractivity contribution in [2.45, 2.75) is 51.4 Å². The van der Waals surface area contributed by atoms with Crippen LogP contribution in [0.25, 0.3) is 16.7 Å². The predicted octanol–water partition coefficient (Wildman–Crippen LogP) is 12.5. The van der Waals surface area contributed by atoms with Gasteiger partial charge in [-0.2, -0.15) is 0 Å². The van der Waals surface area contributed by atoms with Crippen molar-refractivity contribution in [3.63, 3.8) is 0 Å². The van der Waals surface area contributed by atoms with Crippen LogP contribution in [0.3, 0.4) is 0 Å². The van der Waals surface area contributed by atoms with Crippen molar-refractivity contribution in [1.29, 1.82) is 0 Å². The van der Waals surface area contributed by atoms with Crippen LogP contribution in [0.5, 0.6) is 0 Å². The van der Waals surface area contributed by atoms with Gasteiger partial charge in [-0.05, 0) is 69.3 Å². The van der Waals surface area contributed by atoms with E-state index >= 15 is 48.3 Å². The van der Waals surface area contributed by atoms with E-state index in [4.69, 9.17) is 0 Å². The van der Waals surface area contributed by atoms with Crippen LogP contribution in [0, 0.1) is 118 Å². The molecule has 0 amide bonds. The van der Waals surface area contributed by atoms with Crippen LogP contribution in [-0.2, 0) is 5.41 Å². The van der Waals surface area contributed by atoms with Gasteiger partial charge in [0, 0.05) is 22.1 Å². The van der Waals surface area contributed by atoms with Gasteiger partial charge < -0.3 is 0 Å². The number of benzene rings is 4. The highest BCUT2D eigenvalue weighted by atomic mass is 19.2. The first-order valence-electron chi connectivity index (χ1n) is 16.1. The van der Waals surface area contributed by atoms with E-state index in [-0.39, 0.29) is 24.7 Å². The van der Waals surface area contributed by atoms with Gasteiger partial charge in [0.1, 0.15) is 17.2 Å². The minimum atomic E-state index is -3.07. The molecule has 4 aromatic rings. The first kappa shape index (κ1) is 37.6. The molecule has 4 aliphatic carbocycles. The average Bonchev–Trinajstić information content (AvgIpc) is 3.52. The van der Waals surface area contributed by atoms with Crippen molar-refractivity contribution in [1.82, 2.24) is 0 Å². The van der Waals surface area contributed by atoms with Gasteiger partial charge in [0.25, 0.3) is 0 Å². The summed E-state index contributed by atoms with van der Waals surface area (Å²) in [4.78, 5) is -0.958. The van der Waals surface area contributed by atoms with Crippen LogP contribution in [-0.4, -0.2) is 0 Å². The zero-order valence-corrected chi connectivity index (χ0v) is 27.5. The number of hydrogen-bond acceptors (Lipinski definition) is 1. The first-order chi connectivity index (χ1) is 25.2. The van der Waals surface area contributed by atoms with Gasteiger partial charge in [-0.15, -0.1) is 0 Å². The summed E-state index contributed by atoms with van der Waals surface area (Å²) in [5.41, 5.74) is -18.2. The highest BCUT2D eigenvalue weighted by molar-refractivity contribution is 5.88. The molecule has 0 heterocycles. The largest absolute Gasteiger partial charge is 0.296 e. The minimum Gasteiger partial charge on any atom is -0.296 e. The number of hydrogen-bond donors (Lipinski definition) is 0. The normalized spacial score (nSPS) is 21.5. The summed E-state index contributed by atoms with van der Waals surface area (Å²) in [6.45, 7) is 4.74. The van der Waals surface area contributed by atoms with E-state index in [0.717, 1.165) is 6.92 Å². The zero-order valence-electron chi connectivity index (χ0n) is 27.5. The molecule has 286 valence electrons. The third kappa shape index (κ3) is 4.80. The molecule has 4 saturated carbocycles. The van der Waals surface area contributed by atoms with Crippen LogP contribution in [0.15, 0.2) is 6.58 Å². The van der Waals surface area contributed by atoms with Crippen LogP contribution >= 0.6 is 0 Å². The molecule has 2 unspecified atom stereocenters. The molecule has 0 radical (unpaired) electrons. The summed E-state index contributed by atoms with van der Waals surface area (Å²) in [5.74, 6) is -43.6. The van der Waals surface area contributed by atoms with Crippen LogP contribution in [0.2, 0.25) is 0 Å². The van der Waals surface area contributed by atoms with Crippen LogP contribution in [0.1, 0.15) is 55.7 Å². The van der Waals surface area contributed by atoms with E-state index in [2.05, 4.69) is 6.58 Å². The predicted molar refractivity (Wildman–Crippen MR) is 161 cm³/mol. The Kier molecular flexibility index (Phi) is 8.65. The molecule has 17 heteroatoms. The Morgan fingerprint density at radius 3 is 1.28 bits per heavy atom. The van der Waals surface area contributed by atoms with E-state index in [0.29, 0.717) is 26.2 Å². The quantitative estimate of drug-likeness (QED) is 0.107. The molecule has 2 atom stereocenters. The summed E-state index contributed by atoms with van der Waals surface area (Å²) in [7, 11) is 0. The van der Waals surface area contributed by atoms with Gasteiger partial charge in [0.15, 0.2) is 81.4 Å². The lowest BCUT2D eigenvalue weighted by molar-refractivity contribution is 0.256. The lowest BCUT2D eigenvalue weighted by atomic mass is 9.70. The highest BCUT2D eigenvalue weighted by Crippen LogP contribution is 2.67. The fourth-order valence-electron chi connectivity index (χ4n) is 9.02. The SMILES string of the molecule is C=C(C)c1c(F)c(C)c(F)c(F)c1N(c1c(F)c(F)c(-c2c(F)c(F)c(F)c(F)c2F)c(F)c1F)c1c(F)c(F)c(C23CC4CC(CC2C4)C3)c(F)c1F. The van der Waals surface area contributed by atoms with E-state index < -0.39 is 160 Å². The fraction of sp³-hybridized carbons (Fsp3) is 0.297. The lowest BCUT2D eigenvalue weighted by Gasteiger charge is -2.35. The summed E-state index contributed by atoms with van der Waals surface area (Å²) >= 11 is 0. The number of halogens is 16. The topological polar surface area (TPSA) is 3.24 Å². The van der Waals surface area contributed by atoms with E-state index in [1.165, 1.54) is 0 Å². The molecular weight excluding hydrogens is 762 g/mol. The van der Waals surface area contributed by atoms with Crippen molar-refractivity contribution in [2.75, 3.05) is 4.90 Å². The highest BCUT2D eigenvalue weighted by Gasteiger charge is 2.61. The van der Waals surface area contributed by atoms with Crippen molar-refractivity contribution < 1.29 is 70.2 Å². The molecule has 0 spiro atoms. The molecule has 0 saturated heterocycles. The summed E-state index contributed by atoms with van der Waals surface area (Å²) < 4.78 is 248. The van der Waals surface area contributed by atoms with E-state index in [9.17, 15) is 22.0 Å². The van der Waals surface area contributed by atoms with E-state index in [1.807, 2.05) is 0 Å². The maximum Gasteiger partial charge on any atom is 0.200 e. The fourth-order valence-corrected chi connectivity index (χ4v) is 9.02. The molecular formula is C37H21F16N. The van der Waals surface area contributed by atoms with Gasteiger partial charge in [-0.25, -0.2) is 70.2 Å². The summed E-state index contributed by atoms with van der Waals surface area (Å²) in [6, 6.07) is 0. The molecule has 0 aromatic heterocycles. The van der Waals surface area contributed by atoms with Gasteiger partial charge in [-0.3, -0.25) is 4.90 Å². The Bertz CT molecular complexity index is 2270. The Morgan fingerprint density at radius 1 is 0.481 bits per heavy atom. The number of nitrogens with zero attached hydrogens (tertiary/aromatic N) is 1. The Labute approximate surface area is 294 Å². The molecule has 0 N–H and O–H groups in total. The second kappa shape index (κ2) is 12.4. The molecule has 8 rings (SSSR count). The molecule has 4 bridgehead atoms. The molecule has 4 fully saturated rings. The second-order valence-corrected chi connectivity index (χ2v) is 14.0. The Balaban J connectivity index is 1.61. The van der Waals surface area contributed by atoms with Crippen LogP contribution in [0.4, 0.5) is 87.3 Å². The van der Waals surface area contributed by atoms with E-state index in [1.54, 1.807) is 0 Å². The van der Waals surface area contributed by atoms with Crippen molar-refractivity contribution in [2.24, 2.45) is 17.8 Å². The van der Waals surface area contributed by atoms with Gasteiger partial charge in [0.05, 0.1) is 16.8 Å². The molecule has 1 nitrogen and oxygen atoms in total. The first-order valence-corrected chi connectivity index (χ1v) is 16.1. The number of allylic oxidation sites excluding steroid dienone is 1. The van der Waals surface area contributed by atoms with Crippen molar-refractivity contribution in [3.05, 3.63) is 116 Å². The smallest absolute Gasteiger partial charge is 0.200 e. The zero-order chi connectivity index (χ0) is 39.8. The minimum absolute atomic E-state index is 0.0750. The third-order valence-electron chi connectivity index (χ3n) is 11.0. The lowest BCUT2D eigenvalue weighted by Crippen LogP contribution is -2.32. The van der Waals surface area contributed by atoms with Gasteiger partial charge in [-0.1, -0.05) is 6.58 Å². The van der Waals surface area contributed by atoms with Crippen LogP contribution < -0.4 is 4.90 Å². The number of anilines is 3. The van der Waals surface area contributed by atoms with Gasteiger partial charge in [0.2, 0.25) is 5.82 Å². The second-order valence-electron chi connectivity index (χ2n) is 14.0. The van der Waals surface area contributed by atoms with Crippen molar-refractivity contribution in [3.8, 4) is 11.1 Å². The summed E-state index contributed by atoms with van der Waals surface area (Å²) in [5, 5.41) is 0. The van der Waals surface area contributed by atoms with Crippen molar-refractivity contribution >= 4 is 22.6 Å². The third-order valence-corrected chi connectivity index (χ3v) is 11.0. The monoisotopic (exact) mass is 783 g/mol.